The second-order valence-electron chi connectivity index (χ2n) is 6.43. The summed E-state index contributed by atoms with van der Waals surface area (Å²) in [6.45, 7) is 4.99. The maximum Gasteiger partial charge on any atom is 0.257 e. The standard InChI is InChI=1S/C22H19ClN2O/c1-3-25-20-7-5-4-6-16(20)18-13-15(9-11-21(18)25)24-22(26)17-10-8-14(2)12-19(17)23/h4-13H,3H2,1-2H3,(H,24,26). The lowest BCUT2D eigenvalue weighted by Gasteiger charge is -2.08. The number of amides is 1. The van der Waals surface area contributed by atoms with Crippen LogP contribution in [0.1, 0.15) is 22.8 Å². The van der Waals surface area contributed by atoms with Gasteiger partial charge in [-0.25, -0.2) is 0 Å². The van der Waals surface area contributed by atoms with Gasteiger partial charge < -0.3 is 9.88 Å². The summed E-state index contributed by atoms with van der Waals surface area (Å²) in [6, 6.07) is 19.8. The first-order valence-corrected chi connectivity index (χ1v) is 9.05. The van der Waals surface area contributed by atoms with Crippen molar-refractivity contribution in [3.63, 3.8) is 0 Å². The molecule has 0 radical (unpaired) electrons. The Morgan fingerprint density at radius 3 is 2.54 bits per heavy atom. The summed E-state index contributed by atoms with van der Waals surface area (Å²) in [5.74, 6) is -0.200. The number of hydrogen-bond donors (Lipinski definition) is 1. The second-order valence-corrected chi connectivity index (χ2v) is 6.84. The van der Waals surface area contributed by atoms with Gasteiger partial charge in [-0.05, 0) is 55.8 Å². The highest BCUT2D eigenvalue weighted by atomic mass is 35.5. The Labute approximate surface area is 157 Å². The number of nitrogens with zero attached hydrogens (tertiary/aromatic N) is 1. The van der Waals surface area contributed by atoms with E-state index < -0.39 is 0 Å². The molecule has 3 aromatic carbocycles. The van der Waals surface area contributed by atoms with E-state index in [1.54, 1.807) is 12.1 Å². The van der Waals surface area contributed by atoms with Crippen LogP contribution in [-0.2, 0) is 6.54 Å². The Morgan fingerprint density at radius 2 is 1.77 bits per heavy atom. The average molecular weight is 363 g/mol. The number of fused-ring (bicyclic) bond motifs is 3. The van der Waals surface area contributed by atoms with Crippen molar-refractivity contribution in [1.29, 1.82) is 0 Å². The Hall–Kier alpha value is -2.78. The largest absolute Gasteiger partial charge is 0.341 e. The van der Waals surface area contributed by atoms with Gasteiger partial charge in [0.2, 0.25) is 0 Å². The topological polar surface area (TPSA) is 34.0 Å². The molecule has 4 rings (SSSR count). The van der Waals surface area contributed by atoms with Crippen LogP contribution in [0.5, 0.6) is 0 Å². The van der Waals surface area contributed by atoms with Gasteiger partial charge in [0.15, 0.2) is 0 Å². The summed E-state index contributed by atoms with van der Waals surface area (Å²) in [6.07, 6.45) is 0. The van der Waals surface area contributed by atoms with Crippen LogP contribution in [0, 0.1) is 6.92 Å². The van der Waals surface area contributed by atoms with E-state index in [0.717, 1.165) is 23.2 Å². The molecule has 26 heavy (non-hydrogen) atoms. The number of nitrogens with one attached hydrogen (secondary N) is 1. The number of para-hydroxylation sites is 1. The monoisotopic (exact) mass is 362 g/mol. The van der Waals surface area contributed by atoms with Gasteiger partial charge in [-0.15, -0.1) is 0 Å². The zero-order valence-electron chi connectivity index (χ0n) is 14.7. The number of rotatable bonds is 3. The van der Waals surface area contributed by atoms with Crippen LogP contribution in [0.3, 0.4) is 0 Å². The van der Waals surface area contributed by atoms with Gasteiger partial charge in [0.05, 0.1) is 10.6 Å². The number of aromatic nitrogens is 1. The minimum atomic E-state index is -0.200. The number of hydrogen-bond acceptors (Lipinski definition) is 1. The van der Waals surface area contributed by atoms with Gasteiger partial charge in [-0.1, -0.05) is 35.9 Å². The normalized spacial score (nSPS) is 11.2. The molecule has 3 nitrogen and oxygen atoms in total. The van der Waals surface area contributed by atoms with E-state index in [1.165, 1.54) is 16.4 Å². The van der Waals surface area contributed by atoms with Crippen molar-refractivity contribution < 1.29 is 4.79 Å². The van der Waals surface area contributed by atoms with Crippen LogP contribution >= 0.6 is 11.6 Å². The molecule has 0 aliphatic heterocycles. The number of carbonyl (C=O) groups is 1. The molecule has 0 unspecified atom stereocenters. The van der Waals surface area contributed by atoms with Crippen LogP contribution < -0.4 is 5.32 Å². The van der Waals surface area contributed by atoms with E-state index in [1.807, 2.05) is 31.2 Å². The minimum Gasteiger partial charge on any atom is -0.341 e. The van der Waals surface area contributed by atoms with E-state index >= 15 is 0 Å². The molecule has 1 N–H and O–H groups in total. The molecule has 130 valence electrons. The van der Waals surface area contributed by atoms with E-state index in [4.69, 9.17) is 11.6 Å². The fourth-order valence-electron chi connectivity index (χ4n) is 3.47. The highest BCUT2D eigenvalue weighted by molar-refractivity contribution is 6.34. The van der Waals surface area contributed by atoms with Crippen molar-refractivity contribution in [2.45, 2.75) is 20.4 Å². The lowest BCUT2D eigenvalue weighted by Crippen LogP contribution is -2.12. The fourth-order valence-corrected chi connectivity index (χ4v) is 3.80. The summed E-state index contributed by atoms with van der Waals surface area (Å²) >= 11 is 6.22. The number of aryl methyl sites for hydroxylation is 2. The molecule has 0 bridgehead atoms. The van der Waals surface area contributed by atoms with Crippen molar-refractivity contribution in [3.05, 3.63) is 76.8 Å². The lowest BCUT2D eigenvalue weighted by atomic mass is 10.1. The van der Waals surface area contributed by atoms with Gasteiger partial charge >= 0.3 is 0 Å². The van der Waals surface area contributed by atoms with Gasteiger partial charge in [0.1, 0.15) is 0 Å². The molecule has 1 amide bonds. The van der Waals surface area contributed by atoms with E-state index in [-0.39, 0.29) is 5.91 Å². The molecule has 1 heterocycles. The molecule has 4 aromatic rings. The van der Waals surface area contributed by atoms with Crippen LogP contribution in [0.15, 0.2) is 60.7 Å². The Morgan fingerprint density at radius 1 is 1.00 bits per heavy atom. The molecular weight excluding hydrogens is 344 g/mol. The maximum absolute atomic E-state index is 12.6. The molecule has 0 aliphatic carbocycles. The van der Waals surface area contributed by atoms with Crippen molar-refractivity contribution >= 4 is 45.0 Å². The van der Waals surface area contributed by atoms with Gasteiger partial charge in [0.25, 0.3) is 5.91 Å². The van der Waals surface area contributed by atoms with Crippen molar-refractivity contribution in [2.24, 2.45) is 0 Å². The van der Waals surface area contributed by atoms with Crippen LogP contribution in [0.4, 0.5) is 5.69 Å². The van der Waals surface area contributed by atoms with Crippen molar-refractivity contribution in [2.75, 3.05) is 5.32 Å². The lowest BCUT2D eigenvalue weighted by molar-refractivity contribution is 0.102. The number of anilines is 1. The summed E-state index contributed by atoms with van der Waals surface area (Å²) in [5, 5.41) is 5.76. The average Bonchev–Trinajstić information content (AvgIpc) is 2.94. The van der Waals surface area contributed by atoms with Gasteiger partial charge in [0, 0.05) is 34.0 Å². The smallest absolute Gasteiger partial charge is 0.257 e. The second kappa shape index (κ2) is 6.50. The quantitative estimate of drug-likeness (QED) is 0.474. The minimum absolute atomic E-state index is 0.200. The van der Waals surface area contributed by atoms with E-state index in [9.17, 15) is 4.79 Å². The molecular formula is C22H19ClN2O. The predicted molar refractivity (Wildman–Crippen MR) is 109 cm³/mol. The van der Waals surface area contributed by atoms with Crippen LogP contribution in [0.25, 0.3) is 21.8 Å². The molecule has 1 aromatic heterocycles. The highest BCUT2D eigenvalue weighted by Crippen LogP contribution is 2.31. The predicted octanol–water partition coefficient (Wildman–Crippen LogP) is 6.03. The first-order valence-electron chi connectivity index (χ1n) is 8.67. The Bertz CT molecular complexity index is 1140. The molecule has 0 saturated carbocycles. The summed E-state index contributed by atoms with van der Waals surface area (Å²) < 4.78 is 2.28. The summed E-state index contributed by atoms with van der Waals surface area (Å²) in [7, 11) is 0. The molecule has 0 aliphatic rings. The van der Waals surface area contributed by atoms with Crippen molar-refractivity contribution in [1.82, 2.24) is 4.57 Å². The molecule has 0 saturated heterocycles. The number of carbonyl (C=O) groups excluding carboxylic acids is 1. The van der Waals surface area contributed by atoms with Gasteiger partial charge in [-0.2, -0.15) is 0 Å². The molecule has 0 atom stereocenters. The third-order valence-electron chi connectivity index (χ3n) is 4.72. The SMILES string of the molecule is CCn1c2ccccc2c2cc(NC(=O)c3ccc(C)cc3Cl)ccc21. The van der Waals surface area contributed by atoms with E-state index in [2.05, 4.69) is 41.1 Å². The van der Waals surface area contributed by atoms with Crippen LogP contribution in [0.2, 0.25) is 5.02 Å². The Balaban J connectivity index is 1.76. The zero-order chi connectivity index (χ0) is 18.3. The first-order chi connectivity index (χ1) is 12.6. The number of benzene rings is 3. The van der Waals surface area contributed by atoms with Gasteiger partial charge in [-0.3, -0.25) is 4.79 Å². The van der Waals surface area contributed by atoms with E-state index in [0.29, 0.717) is 10.6 Å². The molecule has 0 fully saturated rings. The van der Waals surface area contributed by atoms with Crippen molar-refractivity contribution in [3.8, 4) is 0 Å². The third kappa shape index (κ3) is 2.74. The van der Waals surface area contributed by atoms with Crippen LogP contribution in [-0.4, -0.2) is 10.5 Å². The third-order valence-corrected chi connectivity index (χ3v) is 5.03. The fraction of sp³-hybridized carbons (Fsp3) is 0.136. The maximum atomic E-state index is 12.6. The molecule has 4 heteroatoms. The zero-order valence-corrected chi connectivity index (χ0v) is 15.5. The highest BCUT2D eigenvalue weighted by Gasteiger charge is 2.13. The summed E-state index contributed by atoms with van der Waals surface area (Å²) in [4.78, 5) is 12.6. The summed E-state index contributed by atoms with van der Waals surface area (Å²) in [5.41, 5.74) is 4.64. The first kappa shape index (κ1) is 16.7. The molecule has 0 spiro atoms. The number of halogens is 1. The Kier molecular flexibility index (Phi) is 4.17.